The standard InChI is InChI=1S/C27H28FN5O.C26H23FN6O.C24H22FN5O2/c1-19-16-21(7-8-24(19)28)25-23(6-4-10-29-25)20-9-15-33-22(17-20)18-31-26(33)27(34)30-11-5-14-32-12-2-3-13-32;1-18-14-20(5-6-23(18)27)24-22(4-2-8-29-24)19-7-12-33-21(15-19)16-31-25(33)26(34)30-9-3-11-32-13-10-28-17-32;1-15-12-18(5-6-21(15)25)22-20(4-3-8-27-22)17-7-11-30-19(13-17)14-29-23(30)24(32)28-10-9-26-16(2)31/h4,6-10,15-18H,2-3,5,11-14H2,1H3,(H,30,34);2,4-8,10,12-17H,3,9,11H2,1H3,(H,30,34);3-8,11-14H,9-10H2,1-2H3,(H,26,31)(H,28,32). The number of imidazole rings is 4. The van der Waals surface area contributed by atoms with E-state index in [0.717, 1.165) is 110 Å². The fourth-order valence-electron chi connectivity index (χ4n) is 12.0. The smallest absolute Gasteiger partial charge is 0.287 e. The average Bonchev–Trinajstić information content (AvgIpc) is 1.50. The van der Waals surface area contributed by atoms with E-state index in [9.17, 15) is 32.3 Å². The molecule has 1 aliphatic rings. The fraction of sp³-hybridized carbons (Fsp3) is 0.208. The lowest BCUT2D eigenvalue weighted by molar-refractivity contribution is -0.118. The van der Waals surface area contributed by atoms with Crippen LogP contribution >= 0.6 is 0 Å². The molecule has 3 aromatic carbocycles. The second kappa shape index (κ2) is 31.5. The molecule has 10 aromatic heterocycles. The van der Waals surface area contributed by atoms with E-state index in [2.05, 4.69) is 61.1 Å². The largest absolute Gasteiger partial charge is 0.355 e. The maximum atomic E-state index is 13.8. The second-order valence-corrected chi connectivity index (χ2v) is 24.3. The van der Waals surface area contributed by atoms with E-state index in [1.165, 1.54) is 51.1 Å². The van der Waals surface area contributed by atoms with Gasteiger partial charge < -0.3 is 30.7 Å². The number of amides is 4. The molecule has 0 spiro atoms. The van der Waals surface area contributed by atoms with Crippen molar-refractivity contribution in [2.24, 2.45) is 0 Å². The van der Waals surface area contributed by atoms with Crippen molar-refractivity contribution in [3.8, 4) is 67.2 Å². The molecule has 20 nitrogen and oxygen atoms in total. The summed E-state index contributed by atoms with van der Waals surface area (Å²) in [7, 11) is 0. The van der Waals surface area contributed by atoms with E-state index in [1.54, 1.807) is 120 Å². The number of hydrogen-bond acceptors (Lipinski definition) is 12. The van der Waals surface area contributed by atoms with Gasteiger partial charge in [-0.1, -0.05) is 18.2 Å². The summed E-state index contributed by atoms with van der Waals surface area (Å²) in [6, 6.07) is 38.2. The number of carbonyl (C=O) groups is 4. The lowest BCUT2D eigenvalue weighted by atomic mass is 9.99. The van der Waals surface area contributed by atoms with Gasteiger partial charge in [0.25, 0.3) is 17.7 Å². The van der Waals surface area contributed by atoms with Crippen molar-refractivity contribution in [2.75, 3.05) is 45.8 Å². The third-order valence-electron chi connectivity index (χ3n) is 17.2. The number of rotatable bonds is 20. The summed E-state index contributed by atoms with van der Waals surface area (Å²) >= 11 is 0. The molecule has 0 bridgehead atoms. The average molecular weight is 1340 g/mol. The van der Waals surface area contributed by atoms with Gasteiger partial charge in [0.15, 0.2) is 0 Å². The fourth-order valence-corrected chi connectivity index (χ4v) is 12.0. The van der Waals surface area contributed by atoms with Crippen molar-refractivity contribution < 1.29 is 32.3 Å². The minimum absolute atomic E-state index is 0.149. The number of carbonyl (C=O) groups excluding carboxylic acids is 4. The number of halogens is 3. The summed E-state index contributed by atoms with van der Waals surface area (Å²) in [5.41, 5.74) is 14.4. The Bertz CT molecular complexity index is 5100. The van der Waals surface area contributed by atoms with Gasteiger partial charge in [0.1, 0.15) is 17.5 Å². The van der Waals surface area contributed by atoms with Gasteiger partial charge in [-0.15, -0.1) is 0 Å². The SMILES string of the molecule is CC(=O)NCCNC(=O)c1ncc2cc(-c3cccnc3-c3ccc(F)c(C)c3)ccn12.Cc1cc(-c2ncccc2-c2ccn3c(C(=O)NCCCN4CCCC4)ncc3c2)ccc1F.Cc1cc(-c2ncccc2-c2ccn3c(C(=O)NCCCn4ccnc4)ncc3c2)ccc1F. The zero-order valence-corrected chi connectivity index (χ0v) is 55.7. The van der Waals surface area contributed by atoms with Crippen LogP contribution in [0.3, 0.4) is 0 Å². The summed E-state index contributed by atoms with van der Waals surface area (Å²) in [5.74, 6) is -0.619. The Kier molecular flexibility index (Phi) is 21.4. The van der Waals surface area contributed by atoms with Crippen LogP contribution < -0.4 is 21.3 Å². The summed E-state index contributed by atoms with van der Waals surface area (Å²) < 4.78 is 48.5. The molecule has 0 saturated carbocycles. The molecule has 4 amide bonds. The van der Waals surface area contributed by atoms with E-state index in [4.69, 9.17) is 0 Å². The maximum Gasteiger partial charge on any atom is 0.287 e. The molecule has 4 N–H and O–H groups in total. The van der Waals surface area contributed by atoms with Crippen molar-refractivity contribution >= 4 is 40.2 Å². The lowest BCUT2D eigenvalue weighted by Crippen LogP contribution is -2.34. The highest BCUT2D eigenvalue weighted by atomic mass is 19.1. The molecule has 23 heteroatoms. The van der Waals surface area contributed by atoms with Crippen molar-refractivity contribution in [2.45, 2.75) is 59.9 Å². The summed E-state index contributed by atoms with van der Waals surface area (Å²) in [6.45, 7) is 12.6. The molecule has 13 aromatic rings. The predicted molar refractivity (Wildman–Crippen MR) is 378 cm³/mol. The van der Waals surface area contributed by atoms with E-state index in [0.29, 0.717) is 54.5 Å². The van der Waals surface area contributed by atoms with Crippen LogP contribution in [0.2, 0.25) is 0 Å². The van der Waals surface area contributed by atoms with Gasteiger partial charge in [-0.05, 0) is 209 Å². The van der Waals surface area contributed by atoms with Crippen LogP contribution in [-0.2, 0) is 11.3 Å². The van der Waals surface area contributed by atoms with Crippen LogP contribution in [0.4, 0.5) is 13.2 Å². The first-order valence-electron chi connectivity index (χ1n) is 33.0. The van der Waals surface area contributed by atoms with Gasteiger partial charge in [0.2, 0.25) is 23.4 Å². The minimum Gasteiger partial charge on any atom is -0.355 e. The van der Waals surface area contributed by atoms with Crippen LogP contribution in [0.25, 0.3) is 83.7 Å². The van der Waals surface area contributed by atoms with Crippen molar-refractivity contribution in [3.63, 3.8) is 0 Å². The molecule has 0 radical (unpaired) electrons. The highest BCUT2D eigenvalue weighted by molar-refractivity contribution is 5.94. The van der Waals surface area contributed by atoms with Gasteiger partial charge >= 0.3 is 0 Å². The number of fused-ring (bicyclic) bond motifs is 3. The molecule has 0 aliphatic carbocycles. The number of hydrogen-bond donors (Lipinski definition) is 4. The summed E-state index contributed by atoms with van der Waals surface area (Å²) in [5, 5.41) is 11.3. The number of benzene rings is 3. The quantitative estimate of drug-likeness (QED) is 0.0523. The van der Waals surface area contributed by atoms with Crippen molar-refractivity contribution in [1.29, 1.82) is 0 Å². The molecule has 0 atom stereocenters. The molecule has 1 fully saturated rings. The highest BCUT2D eigenvalue weighted by Crippen LogP contribution is 2.35. The van der Waals surface area contributed by atoms with Crippen LogP contribution in [0, 0.1) is 38.2 Å². The van der Waals surface area contributed by atoms with Crippen LogP contribution in [-0.4, -0.2) is 127 Å². The number of nitrogens with one attached hydrogen (secondary N) is 4. The Morgan fingerprint density at radius 2 is 0.800 bits per heavy atom. The van der Waals surface area contributed by atoms with Gasteiger partial charge in [0, 0.05) is 123 Å². The number of aromatic nitrogens is 11. The lowest BCUT2D eigenvalue weighted by Gasteiger charge is -2.14. The Balaban J connectivity index is 0.000000142. The summed E-state index contributed by atoms with van der Waals surface area (Å²) in [6.07, 6.45) is 25.3. The van der Waals surface area contributed by atoms with Crippen molar-refractivity contribution in [1.82, 2.24) is 78.8 Å². The number of nitrogens with zero attached hydrogens (tertiary/aromatic N) is 12. The molecule has 506 valence electrons. The Hall–Kier alpha value is -12.0. The van der Waals surface area contributed by atoms with Crippen LogP contribution in [0.15, 0.2) is 202 Å². The molecular formula is C77H73F3N16O4. The third-order valence-corrected chi connectivity index (χ3v) is 17.2. The molecule has 1 aliphatic heterocycles. The van der Waals surface area contributed by atoms with E-state index < -0.39 is 0 Å². The molecular weight excluding hydrogens is 1270 g/mol. The molecule has 100 heavy (non-hydrogen) atoms. The van der Waals surface area contributed by atoms with Gasteiger partial charge in [-0.2, -0.15) is 0 Å². The first kappa shape index (κ1) is 68.0. The second-order valence-electron chi connectivity index (χ2n) is 24.3. The topological polar surface area (TPSA) is 228 Å². The first-order valence-corrected chi connectivity index (χ1v) is 33.0. The molecule has 14 rings (SSSR count). The zero-order chi connectivity index (χ0) is 69.7. The van der Waals surface area contributed by atoms with Gasteiger partial charge in [-0.25, -0.2) is 33.1 Å². The highest BCUT2D eigenvalue weighted by Gasteiger charge is 2.20. The van der Waals surface area contributed by atoms with Crippen LogP contribution in [0.5, 0.6) is 0 Å². The van der Waals surface area contributed by atoms with Crippen LogP contribution in [0.1, 0.15) is 81.2 Å². The Labute approximate surface area is 575 Å². The van der Waals surface area contributed by atoms with E-state index in [1.807, 2.05) is 102 Å². The monoisotopic (exact) mass is 1340 g/mol. The van der Waals surface area contributed by atoms with E-state index >= 15 is 0 Å². The normalized spacial score (nSPS) is 12.0. The maximum absolute atomic E-state index is 13.8. The molecule has 1 saturated heterocycles. The number of aryl methyl sites for hydroxylation is 4. The van der Waals surface area contributed by atoms with Gasteiger partial charge in [-0.3, -0.25) is 47.3 Å². The Morgan fingerprint density at radius 1 is 0.420 bits per heavy atom. The Morgan fingerprint density at radius 3 is 1.17 bits per heavy atom. The molecule has 11 heterocycles. The number of likely N-dealkylation sites (tertiary alicyclic amines) is 1. The van der Waals surface area contributed by atoms with Crippen molar-refractivity contribution in [3.05, 3.63) is 254 Å². The van der Waals surface area contributed by atoms with E-state index in [-0.39, 0.29) is 46.9 Å². The summed E-state index contributed by atoms with van der Waals surface area (Å²) in [4.78, 5) is 81.9. The number of pyridine rings is 6. The molecule has 0 unspecified atom stereocenters. The minimum atomic E-state index is -0.327. The predicted octanol–water partition coefficient (Wildman–Crippen LogP) is 12.6. The zero-order valence-electron chi connectivity index (χ0n) is 55.7. The third kappa shape index (κ3) is 16.0. The van der Waals surface area contributed by atoms with Gasteiger partial charge in [0.05, 0.1) is 58.5 Å². The first-order chi connectivity index (χ1) is 48.6.